The maximum absolute atomic E-state index is 12.9. The number of aliphatic imine (C=N–C) groups is 1. The molecule has 130 valence electrons. The van der Waals surface area contributed by atoms with Crippen LogP contribution < -0.4 is 5.32 Å². The molecule has 0 radical (unpaired) electrons. The lowest BCUT2D eigenvalue weighted by atomic mass is 9.90. The molecule has 2 N–H and O–H groups in total. The summed E-state index contributed by atoms with van der Waals surface area (Å²) in [5.74, 6) is 0.613. The van der Waals surface area contributed by atoms with Gasteiger partial charge in [-0.25, -0.2) is 0 Å². The number of aromatic amines is 1. The summed E-state index contributed by atoms with van der Waals surface area (Å²) < 4.78 is 0. The zero-order valence-corrected chi connectivity index (χ0v) is 14.4. The number of allylic oxidation sites excluding steroid dienone is 2. The molecule has 0 unspecified atom stereocenters. The number of aromatic nitrogens is 2. The molecule has 3 heterocycles. The molecular weight excluding hydrogens is 318 g/mol. The first-order valence-electron chi connectivity index (χ1n) is 8.55. The molecule has 1 aromatic rings. The Morgan fingerprint density at radius 3 is 3.04 bits per heavy atom. The summed E-state index contributed by atoms with van der Waals surface area (Å²) in [5, 5.41) is 10.2. The number of amidine groups is 1. The first-order chi connectivity index (χ1) is 12.0. The van der Waals surface area contributed by atoms with Crippen molar-refractivity contribution in [2.45, 2.75) is 51.1 Å². The molecule has 0 aromatic carbocycles. The predicted molar refractivity (Wildman–Crippen MR) is 92.6 cm³/mol. The zero-order valence-electron chi connectivity index (χ0n) is 14.4. The number of fused-ring (bicyclic) bond motifs is 1. The number of H-pyrrole nitrogens is 1. The van der Waals surface area contributed by atoms with Crippen molar-refractivity contribution < 1.29 is 9.59 Å². The third-order valence-electron chi connectivity index (χ3n) is 4.93. The largest absolute Gasteiger partial charge is 0.348 e. The number of nitrogens with one attached hydrogen (secondary N) is 2. The van der Waals surface area contributed by atoms with Crippen LogP contribution in [0.5, 0.6) is 0 Å². The fourth-order valence-electron chi connectivity index (χ4n) is 3.25. The predicted octanol–water partition coefficient (Wildman–Crippen LogP) is 1.77. The van der Waals surface area contributed by atoms with E-state index in [1.54, 1.807) is 11.8 Å². The van der Waals surface area contributed by atoms with Gasteiger partial charge < -0.3 is 10.2 Å². The average Bonchev–Trinajstić information content (AvgIpc) is 3.30. The van der Waals surface area contributed by atoms with Crippen molar-refractivity contribution in [2.75, 3.05) is 0 Å². The van der Waals surface area contributed by atoms with Gasteiger partial charge in [0, 0.05) is 12.1 Å². The number of hydrogen-bond donors (Lipinski definition) is 2. The highest BCUT2D eigenvalue weighted by Gasteiger charge is 2.45. The van der Waals surface area contributed by atoms with E-state index in [0.29, 0.717) is 18.3 Å². The van der Waals surface area contributed by atoms with Gasteiger partial charge in [-0.1, -0.05) is 0 Å². The van der Waals surface area contributed by atoms with Gasteiger partial charge in [-0.15, -0.1) is 0 Å². The monoisotopic (exact) mass is 339 g/mol. The van der Waals surface area contributed by atoms with Gasteiger partial charge in [0.15, 0.2) is 0 Å². The van der Waals surface area contributed by atoms with Crippen molar-refractivity contribution in [3.8, 4) is 0 Å². The molecule has 7 heteroatoms. The fourth-order valence-corrected chi connectivity index (χ4v) is 3.25. The molecule has 25 heavy (non-hydrogen) atoms. The lowest BCUT2D eigenvalue weighted by Crippen LogP contribution is -2.59. The molecule has 1 atom stereocenters. The Hall–Kier alpha value is -2.70. The normalized spacial score (nSPS) is 25.4. The molecule has 0 spiro atoms. The summed E-state index contributed by atoms with van der Waals surface area (Å²) in [7, 11) is 0. The minimum atomic E-state index is -0.985. The summed E-state index contributed by atoms with van der Waals surface area (Å²) in [5.41, 5.74) is 1.95. The van der Waals surface area contributed by atoms with Crippen LogP contribution in [0.25, 0.3) is 0 Å². The maximum atomic E-state index is 12.9. The van der Waals surface area contributed by atoms with Crippen LogP contribution in [0.4, 0.5) is 0 Å². The fraction of sp³-hybridized carbons (Fsp3) is 0.444. The minimum Gasteiger partial charge on any atom is -0.348 e. The second-order valence-corrected chi connectivity index (χ2v) is 7.16. The molecule has 1 aliphatic carbocycles. The van der Waals surface area contributed by atoms with E-state index in [-0.39, 0.29) is 18.2 Å². The summed E-state index contributed by atoms with van der Waals surface area (Å²) in [6.45, 7) is 4.07. The molecule has 1 aromatic heterocycles. The summed E-state index contributed by atoms with van der Waals surface area (Å²) in [6.07, 6.45) is 7.98. The van der Waals surface area contributed by atoms with Gasteiger partial charge in [-0.05, 0) is 50.5 Å². The van der Waals surface area contributed by atoms with Gasteiger partial charge in [-0.3, -0.25) is 14.7 Å². The Bertz CT molecular complexity index is 830. The van der Waals surface area contributed by atoms with Crippen LogP contribution in [0.2, 0.25) is 0 Å². The number of rotatable bonds is 4. The van der Waals surface area contributed by atoms with E-state index in [1.807, 2.05) is 31.3 Å². The average molecular weight is 339 g/mol. The molecule has 3 aliphatic rings. The Labute approximate surface area is 145 Å². The zero-order chi connectivity index (χ0) is 17.6. The van der Waals surface area contributed by atoms with Crippen LogP contribution in [0.1, 0.15) is 50.4 Å². The summed E-state index contributed by atoms with van der Waals surface area (Å²) in [4.78, 5) is 30.8. The van der Waals surface area contributed by atoms with E-state index in [0.717, 1.165) is 17.0 Å². The highest BCUT2D eigenvalue weighted by Crippen LogP contribution is 2.39. The first-order valence-corrected chi connectivity index (χ1v) is 8.55. The SMILES string of the molecule is CC1=CC2=NC(=O)C[C@](C)(C(=O)NCc3cc(C4CC4)n[nH]3)N2C=C1. The third-order valence-corrected chi connectivity index (χ3v) is 4.93. The summed E-state index contributed by atoms with van der Waals surface area (Å²) in [6, 6.07) is 2.01. The van der Waals surface area contributed by atoms with Crippen molar-refractivity contribution in [3.05, 3.63) is 41.4 Å². The molecule has 4 rings (SSSR count). The third kappa shape index (κ3) is 2.90. The quantitative estimate of drug-likeness (QED) is 0.875. The highest BCUT2D eigenvalue weighted by atomic mass is 16.2. The van der Waals surface area contributed by atoms with Gasteiger partial charge >= 0.3 is 0 Å². The van der Waals surface area contributed by atoms with E-state index in [9.17, 15) is 9.59 Å². The molecule has 0 saturated heterocycles. The first kappa shape index (κ1) is 15.8. The van der Waals surface area contributed by atoms with Crippen LogP contribution in [-0.4, -0.2) is 38.3 Å². The second-order valence-electron chi connectivity index (χ2n) is 7.16. The van der Waals surface area contributed by atoms with E-state index in [2.05, 4.69) is 20.5 Å². The standard InChI is InChI=1S/C18H21N5O2/c1-11-5-6-23-15(7-11)20-16(24)9-18(23,2)17(25)19-10-13-8-14(22-21-13)12-3-4-12/h5-8,12H,3-4,9-10H2,1-2H3,(H,19,25)(H,21,22)/t18-/m1/s1. The lowest BCUT2D eigenvalue weighted by molar-refractivity contribution is -0.134. The molecule has 0 bridgehead atoms. The van der Waals surface area contributed by atoms with Gasteiger partial charge in [0.1, 0.15) is 11.4 Å². The molecule has 1 saturated carbocycles. The Kier molecular flexibility index (Phi) is 3.59. The van der Waals surface area contributed by atoms with E-state index >= 15 is 0 Å². The Morgan fingerprint density at radius 1 is 1.48 bits per heavy atom. The molecular formula is C18H21N5O2. The Balaban J connectivity index is 1.49. The number of carbonyl (C=O) groups excluding carboxylic acids is 2. The van der Waals surface area contributed by atoms with Crippen LogP contribution in [0, 0.1) is 0 Å². The van der Waals surface area contributed by atoms with E-state index < -0.39 is 5.54 Å². The van der Waals surface area contributed by atoms with Gasteiger partial charge in [0.2, 0.25) is 5.91 Å². The van der Waals surface area contributed by atoms with Crippen molar-refractivity contribution in [1.82, 2.24) is 20.4 Å². The number of amides is 2. The Morgan fingerprint density at radius 2 is 2.28 bits per heavy atom. The van der Waals surface area contributed by atoms with Crippen LogP contribution in [0.3, 0.4) is 0 Å². The molecule has 1 fully saturated rings. The van der Waals surface area contributed by atoms with Crippen LogP contribution in [0.15, 0.2) is 35.0 Å². The van der Waals surface area contributed by atoms with Gasteiger partial charge in [0.05, 0.1) is 24.4 Å². The van der Waals surface area contributed by atoms with Gasteiger partial charge in [-0.2, -0.15) is 10.1 Å². The topological polar surface area (TPSA) is 90.5 Å². The van der Waals surface area contributed by atoms with Crippen molar-refractivity contribution >= 4 is 17.6 Å². The van der Waals surface area contributed by atoms with Crippen LogP contribution >= 0.6 is 0 Å². The number of nitrogens with zero attached hydrogens (tertiary/aromatic N) is 3. The molecule has 2 aliphatic heterocycles. The van der Waals surface area contributed by atoms with E-state index in [4.69, 9.17) is 0 Å². The van der Waals surface area contributed by atoms with Crippen molar-refractivity contribution in [2.24, 2.45) is 4.99 Å². The highest BCUT2D eigenvalue weighted by molar-refractivity contribution is 6.09. The van der Waals surface area contributed by atoms with E-state index in [1.165, 1.54) is 12.8 Å². The van der Waals surface area contributed by atoms with Gasteiger partial charge in [0.25, 0.3) is 5.91 Å². The number of hydrogen-bond acceptors (Lipinski definition) is 4. The molecule has 2 amide bonds. The van der Waals surface area contributed by atoms with Crippen molar-refractivity contribution in [1.29, 1.82) is 0 Å². The number of carbonyl (C=O) groups is 2. The lowest BCUT2D eigenvalue weighted by Gasteiger charge is -2.42. The molecule has 7 nitrogen and oxygen atoms in total. The minimum absolute atomic E-state index is 0.0514. The maximum Gasteiger partial charge on any atom is 0.250 e. The van der Waals surface area contributed by atoms with Crippen LogP contribution in [-0.2, 0) is 16.1 Å². The second kappa shape index (κ2) is 5.68. The smallest absolute Gasteiger partial charge is 0.250 e. The summed E-state index contributed by atoms with van der Waals surface area (Å²) >= 11 is 0. The van der Waals surface area contributed by atoms with Crippen molar-refractivity contribution in [3.63, 3.8) is 0 Å².